The first-order chi connectivity index (χ1) is 21.6. The molecule has 5 atom stereocenters. The van der Waals surface area contributed by atoms with Crippen molar-refractivity contribution in [3.05, 3.63) is 82.8 Å². The highest BCUT2D eigenvalue weighted by atomic mass is 16.5. The summed E-state index contributed by atoms with van der Waals surface area (Å²) in [6.07, 6.45) is 0.668. The third-order valence-electron chi connectivity index (χ3n) is 9.07. The van der Waals surface area contributed by atoms with Crippen LogP contribution in [0.5, 0.6) is 5.75 Å². The number of benzene rings is 2. The number of ether oxygens (including phenoxy) is 1. The van der Waals surface area contributed by atoms with Gasteiger partial charge in [0.2, 0.25) is 23.6 Å². The summed E-state index contributed by atoms with van der Waals surface area (Å²) in [7, 11) is 0. The van der Waals surface area contributed by atoms with Gasteiger partial charge in [0.25, 0.3) is 0 Å². The van der Waals surface area contributed by atoms with Crippen LogP contribution in [0.1, 0.15) is 74.7 Å². The smallest absolute Gasteiger partial charge is 0.249 e. The number of carbonyl (C=O) groups is 2. The zero-order chi connectivity index (χ0) is 31.6. The lowest BCUT2D eigenvalue weighted by atomic mass is 9.72. The first kappa shape index (κ1) is 29.1. The molecular formula is C34H37N5O6. The lowest BCUT2D eigenvalue weighted by molar-refractivity contribution is -0.135. The zero-order valence-electron chi connectivity index (χ0n) is 25.9. The van der Waals surface area contributed by atoms with Crippen molar-refractivity contribution in [1.29, 1.82) is 0 Å². The molecule has 0 saturated heterocycles. The normalized spacial score (nSPS) is 23.7. The fraction of sp³-hybridized carbons (Fsp3) is 0.412. The monoisotopic (exact) mass is 611 g/mol. The van der Waals surface area contributed by atoms with Crippen molar-refractivity contribution in [2.45, 2.75) is 77.3 Å². The van der Waals surface area contributed by atoms with Gasteiger partial charge in [-0.3, -0.25) is 9.59 Å². The quantitative estimate of drug-likeness (QED) is 0.251. The number of nitrogens with one attached hydrogen (secondary N) is 3. The number of aromatic nitrogens is 2. The predicted molar refractivity (Wildman–Crippen MR) is 164 cm³/mol. The molecule has 11 nitrogen and oxygen atoms in total. The lowest BCUT2D eigenvalue weighted by Crippen LogP contribution is -2.52. The van der Waals surface area contributed by atoms with Gasteiger partial charge in [-0.05, 0) is 41.5 Å². The number of anilines is 1. The summed E-state index contributed by atoms with van der Waals surface area (Å²) in [5.74, 6) is 0.287. The average Bonchev–Trinajstić information content (AvgIpc) is 3.79. The van der Waals surface area contributed by atoms with Crippen LogP contribution in [0.25, 0.3) is 11.6 Å². The molecule has 1 spiro atoms. The van der Waals surface area contributed by atoms with Crippen molar-refractivity contribution in [3.8, 4) is 17.3 Å². The molecule has 45 heavy (non-hydrogen) atoms. The highest BCUT2D eigenvalue weighted by molar-refractivity contribution is 5.90. The van der Waals surface area contributed by atoms with Crippen LogP contribution in [0, 0.1) is 11.8 Å². The Hall–Kier alpha value is -4.64. The molecule has 1 unspecified atom stereocenters. The Kier molecular flexibility index (Phi) is 6.96. The summed E-state index contributed by atoms with van der Waals surface area (Å²) in [5, 5.41) is 19.9. The largest absolute Gasteiger partial charge is 0.469 e. The van der Waals surface area contributed by atoms with Crippen LogP contribution in [-0.2, 0) is 27.8 Å². The maximum atomic E-state index is 13.9. The second-order valence-electron chi connectivity index (χ2n) is 12.7. The summed E-state index contributed by atoms with van der Waals surface area (Å²) < 4.78 is 19.4. The van der Waals surface area contributed by atoms with Crippen molar-refractivity contribution in [2.24, 2.45) is 11.8 Å². The molecule has 4 N–H and O–H groups in total. The predicted octanol–water partition coefficient (Wildman–Crippen LogP) is 4.24. The Bertz CT molecular complexity index is 1790. The first-order valence-electron chi connectivity index (χ1n) is 15.5. The fourth-order valence-corrected chi connectivity index (χ4v) is 6.59. The molecule has 4 bridgehead atoms. The molecule has 2 aromatic heterocycles. The van der Waals surface area contributed by atoms with Gasteiger partial charge in [-0.25, -0.2) is 9.97 Å². The van der Waals surface area contributed by atoms with Crippen LogP contribution in [-0.4, -0.2) is 45.3 Å². The van der Waals surface area contributed by atoms with Crippen LogP contribution < -0.4 is 20.7 Å². The van der Waals surface area contributed by atoms with E-state index >= 15 is 0 Å². The minimum absolute atomic E-state index is 0.139. The van der Waals surface area contributed by atoms with E-state index in [-0.39, 0.29) is 24.1 Å². The number of carbonyl (C=O) groups excluding carboxylic acids is 2. The summed E-state index contributed by atoms with van der Waals surface area (Å²) in [6, 6.07) is 12.2. The molecule has 4 aromatic rings. The number of hydrogen-bond donors (Lipinski definition) is 4. The third-order valence-corrected chi connectivity index (χ3v) is 9.07. The summed E-state index contributed by atoms with van der Waals surface area (Å²) in [5.41, 5.74) is 3.72. The van der Waals surface area contributed by atoms with Crippen LogP contribution >= 0.6 is 0 Å². The standard InChI is InChI=1S/C34H37N5O6/c1-6-19-15-43-31(35-19)26-28-34-20-9-7-8-10-22(20)37-33(34)44-24-12-11-18(13-21(24)34)14-23(36-30(42)27(40)17(4)5)29(41)38-25(16(2)3)32(39-26)45-28/h7-13,15-17,23,25,27,33,37,40H,6,14H2,1-5H3,(H,36,42)(H,38,41)/t23-,25-,27-,33-,34?/m0/s1. The van der Waals surface area contributed by atoms with E-state index in [4.69, 9.17) is 23.5 Å². The van der Waals surface area contributed by atoms with E-state index in [0.29, 0.717) is 29.5 Å². The summed E-state index contributed by atoms with van der Waals surface area (Å²) in [4.78, 5) is 36.7. The van der Waals surface area contributed by atoms with Gasteiger partial charge in [-0.1, -0.05) is 65.0 Å². The van der Waals surface area contributed by atoms with E-state index in [1.54, 1.807) is 20.1 Å². The number of amides is 2. The van der Waals surface area contributed by atoms with Crippen molar-refractivity contribution in [1.82, 2.24) is 20.6 Å². The topological polar surface area (TPSA) is 152 Å². The van der Waals surface area contributed by atoms with E-state index in [9.17, 15) is 14.7 Å². The lowest BCUT2D eigenvalue weighted by Gasteiger charge is -2.29. The number of para-hydroxylation sites is 1. The number of rotatable bonds is 6. The fourth-order valence-electron chi connectivity index (χ4n) is 6.59. The molecule has 2 aromatic carbocycles. The first-order valence-corrected chi connectivity index (χ1v) is 15.5. The maximum absolute atomic E-state index is 13.9. The molecule has 3 aliphatic heterocycles. The van der Waals surface area contributed by atoms with Gasteiger partial charge in [0, 0.05) is 17.7 Å². The number of fused-ring (bicyclic) bond motifs is 4. The van der Waals surface area contributed by atoms with E-state index < -0.39 is 41.6 Å². The molecule has 0 radical (unpaired) electrons. The number of hydrogen-bond acceptors (Lipinski definition) is 9. The second-order valence-corrected chi connectivity index (χ2v) is 12.7. The van der Waals surface area contributed by atoms with Gasteiger partial charge >= 0.3 is 0 Å². The molecule has 5 heterocycles. The number of nitrogens with zero attached hydrogens (tertiary/aromatic N) is 2. The average molecular weight is 612 g/mol. The van der Waals surface area contributed by atoms with Gasteiger partial charge < -0.3 is 34.6 Å². The van der Waals surface area contributed by atoms with Gasteiger partial charge in [0.1, 0.15) is 35.6 Å². The minimum atomic E-state index is -1.26. The Morgan fingerprint density at radius 3 is 2.64 bits per heavy atom. The molecular weight excluding hydrogens is 574 g/mol. The van der Waals surface area contributed by atoms with Crippen LogP contribution in [0.3, 0.4) is 0 Å². The Labute approximate surface area is 260 Å². The Morgan fingerprint density at radius 1 is 1.11 bits per heavy atom. The van der Waals surface area contributed by atoms with Crippen molar-refractivity contribution >= 4 is 17.5 Å². The second kappa shape index (κ2) is 10.8. The number of aliphatic hydroxyl groups excluding tert-OH is 1. The minimum Gasteiger partial charge on any atom is -0.469 e. The molecule has 0 saturated carbocycles. The highest BCUT2D eigenvalue weighted by Crippen LogP contribution is 2.59. The summed E-state index contributed by atoms with van der Waals surface area (Å²) in [6.45, 7) is 9.42. The van der Waals surface area contributed by atoms with Gasteiger partial charge in [-0.15, -0.1) is 0 Å². The molecule has 3 aliphatic rings. The van der Waals surface area contributed by atoms with Crippen molar-refractivity contribution < 1.29 is 28.3 Å². The van der Waals surface area contributed by atoms with E-state index in [1.807, 2.05) is 57.2 Å². The Morgan fingerprint density at radius 2 is 1.91 bits per heavy atom. The van der Waals surface area contributed by atoms with Crippen LogP contribution in [0.15, 0.2) is 57.6 Å². The Balaban J connectivity index is 1.48. The van der Waals surface area contributed by atoms with E-state index in [0.717, 1.165) is 28.1 Å². The van der Waals surface area contributed by atoms with Crippen molar-refractivity contribution in [2.75, 3.05) is 5.32 Å². The number of aryl methyl sites for hydroxylation is 1. The number of aliphatic hydroxyl groups is 1. The molecule has 2 amide bonds. The van der Waals surface area contributed by atoms with E-state index in [2.05, 4.69) is 22.0 Å². The van der Waals surface area contributed by atoms with Crippen molar-refractivity contribution in [3.63, 3.8) is 0 Å². The molecule has 11 heteroatoms. The van der Waals surface area contributed by atoms with E-state index in [1.165, 1.54) is 0 Å². The summed E-state index contributed by atoms with van der Waals surface area (Å²) >= 11 is 0. The van der Waals surface area contributed by atoms with Gasteiger partial charge in [-0.2, -0.15) is 0 Å². The van der Waals surface area contributed by atoms with Gasteiger partial charge in [0.15, 0.2) is 17.7 Å². The third kappa shape index (κ3) is 4.51. The van der Waals surface area contributed by atoms with Crippen LogP contribution in [0.2, 0.25) is 0 Å². The zero-order valence-corrected chi connectivity index (χ0v) is 25.9. The van der Waals surface area contributed by atoms with Crippen LogP contribution in [0.4, 0.5) is 5.69 Å². The SMILES string of the molecule is CCc1coc(-c2nc3oc2C24c5ccccc5N[C@H]2Oc2ccc(cc24)C[C@H](NC(=O)[C@@H](O)C(C)C)C(=O)N[C@H]3C(C)C)n1. The molecule has 0 aliphatic carbocycles. The molecule has 0 fully saturated rings. The highest BCUT2D eigenvalue weighted by Gasteiger charge is 2.61. The maximum Gasteiger partial charge on any atom is 0.249 e. The molecule has 234 valence electrons. The molecule has 7 rings (SSSR count). The number of oxazole rings is 2. The van der Waals surface area contributed by atoms with Gasteiger partial charge in [0.05, 0.1) is 5.69 Å².